The SMILES string of the molecule is Cc1ccn2cnc(CCl)c2c1. The molecule has 0 aliphatic heterocycles. The van der Waals surface area contributed by atoms with E-state index in [1.165, 1.54) is 5.56 Å². The number of aryl methyl sites for hydroxylation is 1. The zero-order valence-corrected chi connectivity index (χ0v) is 7.54. The molecule has 0 fully saturated rings. The summed E-state index contributed by atoms with van der Waals surface area (Å²) in [4.78, 5) is 4.19. The molecular formula is C9H9ClN2. The Balaban J connectivity index is 2.75. The van der Waals surface area contributed by atoms with E-state index in [-0.39, 0.29) is 0 Å². The third-order valence-corrected chi connectivity index (χ3v) is 2.15. The van der Waals surface area contributed by atoms with E-state index in [0.29, 0.717) is 5.88 Å². The van der Waals surface area contributed by atoms with Crippen LogP contribution in [0.1, 0.15) is 11.3 Å². The van der Waals surface area contributed by atoms with Crippen molar-refractivity contribution in [2.24, 2.45) is 0 Å². The van der Waals surface area contributed by atoms with Crippen molar-refractivity contribution in [2.75, 3.05) is 0 Å². The van der Waals surface area contributed by atoms with E-state index < -0.39 is 0 Å². The highest BCUT2D eigenvalue weighted by atomic mass is 35.5. The highest BCUT2D eigenvalue weighted by Gasteiger charge is 2.01. The molecule has 0 amide bonds. The lowest BCUT2D eigenvalue weighted by atomic mass is 10.2. The summed E-state index contributed by atoms with van der Waals surface area (Å²) in [5, 5.41) is 0. The molecule has 3 heteroatoms. The van der Waals surface area contributed by atoms with Crippen LogP contribution in [0.2, 0.25) is 0 Å². The molecule has 0 spiro atoms. The molecular weight excluding hydrogens is 172 g/mol. The summed E-state index contributed by atoms with van der Waals surface area (Å²) >= 11 is 5.72. The van der Waals surface area contributed by atoms with Gasteiger partial charge in [0.25, 0.3) is 0 Å². The van der Waals surface area contributed by atoms with Crippen molar-refractivity contribution in [3.05, 3.63) is 35.9 Å². The van der Waals surface area contributed by atoms with Crippen LogP contribution >= 0.6 is 11.6 Å². The normalized spacial score (nSPS) is 10.8. The number of rotatable bonds is 1. The van der Waals surface area contributed by atoms with Crippen molar-refractivity contribution in [3.63, 3.8) is 0 Å². The van der Waals surface area contributed by atoms with Crippen LogP contribution in [-0.2, 0) is 5.88 Å². The molecule has 2 rings (SSSR count). The minimum atomic E-state index is 0.472. The number of aromatic nitrogens is 2. The number of imidazole rings is 1. The van der Waals surface area contributed by atoms with Gasteiger partial charge in [-0.3, -0.25) is 0 Å². The van der Waals surface area contributed by atoms with Crippen molar-refractivity contribution in [1.29, 1.82) is 0 Å². The maximum atomic E-state index is 5.72. The molecule has 0 N–H and O–H groups in total. The molecule has 0 unspecified atom stereocenters. The molecule has 2 heterocycles. The maximum Gasteiger partial charge on any atom is 0.0995 e. The first kappa shape index (κ1) is 7.62. The Morgan fingerprint density at radius 1 is 1.58 bits per heavy atom. The van der Waals surface area contributed by atoms with Gasteiger partial charge >= 0.3 is 0 Å². The predicted molar refractivity (Wildman–Crippen MR) is 49.5 cm³/mol. The topological polar surface area (TPSA) is 17.3 Å². The van der Waals surface area contributed by atoms with Gasteiger partial charge in [0.15, 0.2) is 0 Å². The largest absolute Gasteiger partial charge is 0.306 e. The van der Waals surface area contributed by atoms with E-state index in [4.69, 9.17) is 11.6 Å². The Labute approximate surface area is 75.8 Å². The van der Waals surface area contributed by atoms with Crippen molar-refractivity contribution in [1.82, 2.24) is 9.38 Å². The van der Waals surface area contributed by atoms with Gasteiger partial charge in [-0.15, -0.1) is 11.6 Å². The minimum Gasteiger partial charge on any atom is -0.306 e. The number of hydrogen-bond acceptors (Lipinski definition) is 1. The smallest absolute Gasteiger partial charge is 0.0995 e. The molecule has 0 aromatic carbocycles. The van der Waals surface area contributed by atoms with Crippen LogP contribution < -0.4 is 0 Å². The number of alkyl halides is 1. The second-order valence-electron chi connectivity index (χ2n) is 2.82. The molecule has 0 aliphatic rings. The van der Waals surface area contributed by atoms with Crippen molar-refractivity contribution in [3.8, 4) is 0 Å². The number of halogens is 1. The monoisotopic (exact) mass is 180 g/mol. The van der Waals surface area contributed by atoms with Crippen molar-refractivity contribution < 1.29 is 0 Å². The van der Waals surface area contributed by atoms with Crippen LogP contribution in [-0.4, -0.2) is 9.38 Å². The average molecular weight is 181 g/mol. The highest BCUT2D eigenvalue weighted by molar-refractivity contribution is 6.17. The Morgan fingerprint density at radius 2 is 2.42 bits per heavy atom. The van der Waals surface area contributed by atoms with Crippen molar-refractivity contribution in [2.45, 2.75) is 12.8 Å². The summed E-state index contributed by atoms with van der Waals surface area (Å²) < 4.78 is 1.98. The summed E-state index contributed by atoms with van der Waals surface area (Å²) in [5.74, 6) is 0.472. The maximum absolute atomic E-state index is 5.72. The fraction of sp³-hybridized carbons (Fsp3) is 0.222. The van der Waals surface area contributed by atoms with Crippen LogP contribution in [0.15, 0.2) is 24.7 Å². The van der Waals surface area contributed by atoms with E-state index in [9.17, 15) is 0 Å². The van der Waals surface area contributed by atoms with Gasteiger partial charge in [0.2, 0.25) is 0 Å². The van der Waals surface area contributed by atoms with Crippen LogP contribution in [0.25, 0.3) is 5.52 Å². The zero-order valence-electron chi connectivity index (χ0n) is 6.79. The number of nitrogens with zero attached hydrogens (tertiary/aromatic N) is 2. The summed E-state index contributed by atoms with van der Waals surface area (Å²) in [6, 6.07) is 4.14. The van der Waals surface area contributed by atoms with Crippen LogP contribution in [0, 0.1) is 6.92 Å². The molecule has 12 heavy (non-hydrogen) atoms. The summed E-state index contributed by atoms with van der Waals surface area (Å²) in [6.45, 7) is 2.06. The van der Waals surface area contributed by atoms with Crippen molar-refractivity contribution >= 4 is 17.1 Å². The zero-order chi connectivity index (χ0) is 8.55. The van der Waals surface area contributed by atoms with Gasteiger partial charge in [-0.05, 0) is 24.6 Å². The second kappa shape index (κ2) is 2.79. The molecule has 2 aromatic heterocycles. The molecule has 0 saturated heterocycles. The Kier molecular flexibility index (Phi) is 1.77. The molecule has 0 atom stereocenters. The first-order chi connectivity index (χ1) is 5.81. The van der Waals surface area contributed by atoms with Gasteiger partial charge in [0.1, 0.15) is 0 Å². The van der Waals surface area contributed by atoms with Gasteiger partial charge in [0, 0.05) is 6.20 Å². The van der Waals surface area contributed by atoms with E-state index in [2.05, 4.69) is 18.0 Å². The van der Waals surface area contributed by atoms with E-state index in [0.717, 1.165) is 11.2 Å². The molecule has 62 valence electrons. The predicted octanol–water partition coefficient (Wildman–Crippen LogP) is 2.38. The standard InChI is InChI=1S/C9H9ClN2/c1-7-2-3-12-6-11-8(5-10)9(12)4-7/h2-4,6H,5H2,1H3. The molecule has 0 aliphatic carbocycles. The van der Waals surface area contributed by atoms with Gasteiger partial charge in [-0.25, -0.2) is 4.98 Å². The lowest BCUT2D eigenvalue weighted by Crippen LogP contribution is -1.84. The Morgan fingerprint density at radius 3 is 3.17 bits per heavy atom. The Bertz CT molecular complexity index is 406. The summed E-state index contributed by atoms with van der Waals surface area (Å²) in [6.07, 6.45) is 3.78. The molecule has 0 bridgehead atoms. The van der Waals surface area contributed by atoms with Crippen LogP contribution in [0.5, 0.6) is 0 Å². The number of fused-ring (bicyclic) bond motifs is 1. The lowest BCUT2D eigenvalue weighted by Gasteiger charge is -1.96. The fourth-order valence-corrected chi connectivity index (χ4v) is 1.46. The third kappa shape index (κ3) is 1.08. The molecule has 0 radical (unpaired) electrons. The van der Waals surface area contributed by atoms with Gasteiger partial charge in [-0.2, -0.15) is 0 Å². The highest BCUT2D eigenvalue weighted by Crippen LogP contribution is 2.12. The molecule has 2 nitrogen and oxygen atoms in total. The van der Waals surface area contributed by atoms with E-state index in [1.807, 2.05) is 16.7 Å². The number of pyridine rings is 1. The number of hydrogen-bond donors (Lipinski definition) is 0. The lowest BCUT2D eigenvalue weighted by molar-refractivity contribution is 1.14. The van der Waals surface area contributed by atoms with Crippen LogP contribution in [0.4, 0.5) is 0 Å². The van der Waals surface area contributed by atoms with Gasteiger partial charge in [0.05, 0.1) is 23.4 Å². The first-order valence-electron chi connectivity index (χ1n) is 3.79. The van der Waals surface area contributed by atoms with E-state index in [1.54, 1.807) is 6.33 Å². The summed E-state index contributed by atoms with van der Waals surface area (Å²) in [5.41, 5.74) is 3.28. The second-order valence-corrected chi connectivity index (χ2v) is 3.09. The first-order valence-corrected chi connectivity index (χ1v) is 4.33. The van der Waals surface area contributed by atoms with Gasteiger partial charge in [-0.1, -0.05) is 0 Å². The third-order valence-electron chi connectivity index (χ3n) is 1.90. The summed E-state index contributed by atoms with van der Waals surface area (Å²) in [7, 11) is 0. The fourth-order valence-electron chi connectivity index (χ4n) is 1.25. The van der Waals surface area contributed by atoms with Crippen LogP contribution in [0.3, 0.4) is 0 Å². The molecule has 2 aromatic rings. The molecule has 0 saturated carbocycles. The van der Waals surface area contributed by atoms with Gasteiger partial charge < -0.3 is 4.40 Å². The van der Waals surface area contributed by atoms with E-state index >= 15 is 0 Å². The average Bonchev–Trinajstić information content (AvgIpc) is 2.46. The minimum absolute atomic E-state index is 0.472. The quantitative estimate of drug-likeness (QED) is 0.616. The Hall–Kier alpha value is -1.02.